The molecule has 3 N–H and O–H groups in total. The summed E-state index contributed by atoms with van der Waals surface area (Å²) < 4.78 is 11.8. The van der Waals surface area contributed by atoms with Gasteiger partial charge in [0.1, 0.15) is 11.8 Å². The normalized spacial score (nSPS) is 12.3. The third-order valence-electron chi connectivity index (χ3n) is 3.30. The van der Waals surface area contributed by atoms with Gasteiger partial charge in [-0.1, -0.05) is 0 Å². The molecule has 2 rings (SSSR count). The molecule has 0 bridgehead atoms. The lowest BCUT2D eigenvalue weighted by Crippen LogP contribution is -2.33. The first-order chi connectivity index (χ1) is 10.1. The second-order valence-electron chi connectivity index (χ2n) is 4.65. The number of carbonyl (C=O) groups is 1. The van der Waals surface area contributed by atoms with Crippen LogP contribution in [-0.2, 0) is 9.53 Å². The van der Waals surface area contributed by atoms with E-state index in [2.05, 4.69) is 10.3 Å². The summed E-state index contributed by atoms with van der Waals surface area (Å²) in [5.74, 6) is 0.867. The van der Waals surface area contributed by atoms with Gasteiger partial charge in [0.05, 0.1) is 24.8 Å². The zero-order valence-electron chi connectivity index (χ0n) is 12.4. The number of imidazole rings is 1. The Balaban J connectivity index is 2.28. The van der Waals surface area contributed by atoms with Crippen LogP contribution in [0, 0.1) is 0 Å². The predicted molar refractivity (Wildman–Crippen MR) is 80.3 cm³/mol. The monoisotopic (exact) mass is 292 g/mol. The number of anilines is 1. The van der Waals surface area contributed by atoms with Crippen LogP contribution in [0.25, 0.3) is 11.0 Å². The molecule has 1 aromatic heterocycles. The quantitative estimate of drug-likeness (QED) is 0.773. The lowest BCUT2D eigenvalue weighted by molar-refractivity contribution is -0.123. The fraction of sp³-hybridized carbons (Fsp3) is 0.429. The molecule has 0 spiro atoms. The second-order valence-corrected chi connectivity index (χ2v) is 4.65. The van der Waals surface area contributed by atoms with E-state index in [-0.39, 0.29) is 5.91 Å². The summed E-state index contributed by atoms with van der Waals surface area (Å²) in [6.07, 6.45) is 0. The number of ether oxygens (including phenoxy) is 2. The Labute approximate surface area is 123 Å². The first-order valence-corrected chi connectivity index (χ1v) is 6.66. The highest BCUT2D eigenvalue weighted by molar-refractivity contribution is 5.86. The smallest absolute Gasteiger partial charge is 0.242 e. The SMILES string of the molecule is COCCNC(=O)C(C)n1c(N)nc2cc(OC)ccc21. The molecule has 0 aliphatic rings. The van der Waals surface area contributed by atoms with E-state index in [9.17, 15) is 4.79 Å². The van der Waals surface area contributed by atoms with Gasteiger partial charge >= 0.3 is 0 Å². The van der Waals surface area contributed by atoms with Crippen LogP contribution in [0.5, 0.6) is 5.75 Å². The molecule has 0 fully saturated rings. The molecular weight excluding hydrogens is 272 g/mol. The Morgan fingerprint density at radius 1 is 1.48 bits per heavy atom. The van der Waals surface area contributed by atoms with E-state index in [0.717, 1.165) is 5.52 Å². The minimum Gasteiger partial charge on any atom is -0.497 e. The second kappa shape index (κ2) is 6.45. The first kappa shape index (κ1) is 15.1. The number of nitrogens with two attached hydrogens (primary N) is 1. The Kier molecular flexibility index (Phi) is 4.64. The number of hydrogen-bond donors (Lipinski definition) is 2. The first-order valence-electron chi connectivity index (χ1n) is 6.66. The van der Waals surface area contributed by atoms with Gasteiger partial charge in [-0.15, -0.1) is 0 Å². The summed E-state index contributed by atoms with van der Waals surface area (Å²) in [6, 6.07) is 4.99. The molecule has 0 aliphatic carbocycles. The van der Waals surface area contributed by atoms with Crippen molar-refractivity contribution >= 4 is 22.9 Å². The van der Waals surface area contributed by atoms with Crippen molar-refractivity contribution in [3.63, 3.8) is 0 Å². The Bertz CT molecular complexity index is 638. The fourth-order valence-electron chi connectivity index (χ4n) is 2.17. The van der Waals surface area contributed by atoms with Gasteiger partial charge in [-0.2, -0.15) is 0 Å². The zero-order valence-corrected chi connectivity index (χ0v) is 12.4. The third kappa shape index (κ3) is 3.08. The van der Waals surface area contributed by atoms with Crippen LogP contribution in [0.4, 0.5) is 5.95 Å². The maximum absolute atomic E-state index is 12.1. The summed E-state index contributed by atoms with van der Waals surface area (Å²) >= 11 is 0. The van der Waals surface area contributed by atoms with Crippen LogP contribution < -0.4 is 15.8 Å². The van der Waals surface area contributed by atoms with Gasteiger partial charge in [0, 0.05) is 19.7 Å². The largest absolute Gasteiger partial charge is 0.497 e. The number of nitrogens with one attached hydrogen (secondary N) is 1. The number of benzene rings is 1. The number of nitrogen functional groups attached to an aromatic ring is 1. The Morgan fingerprint density at radius 3 is 2.90 bits per heavy atom. The predicted octanol–water partition coefficient (Wildman–Crippen LogP) is 0.951. The molecule has 1 aromatic carbocycles. The van der Waals surface area contributed by atoms with Crippen molar-refractivity contribution in [2.75, 3.05) is 33.1 Å². The van der Waals surface area contributed by atoms with Crippen molar-refractivity contribution in [3.05, 3.63) is 18.2 Å². The molecule has 7 nitrogen and oxygen atoms in total. The van der Waals surface area contributed by atoms with Crippen LogP contribution in [0.3, 0.4) is 0 Å². The summed E-state index contributed by atoms with van der Waals surface area (Å²) in [4.78, 5) is 16.4. The number of nitrogens with zero attached hydrogens (tertiary/aromatic N) is 2. The average Bonchev–Trinajstić information content (AvgIpc) is 2.81. The highest BCUT2D eigenvalue weighted by Gasteiger charge is 2.20. The van der Waals surface area contributed by atoms with E-state index in [1.807, 2.05) is 12.1 Å². The van der Waals surface area contributed by atoms with Gasteiger partial charge in [0.25, 0.3) is 0 Å². The summed E-state index contributed by atoms with van der Waals surface area (Å²) in [7, 11) is 3.18. The van der Waals surface area contributed by atoms with Crippen molar-refractivity contribution in [2.24, 2.45) is 0 Å². The molecule has 0 saturated carbocycles. The van der Waals surface area contributed by atoms with Crippen molar-refractivity contribution in [1.82, 2.24) is 14.9 Å². The molecule has 114 valence electrons. The van der Waals surface area contributed by atoms with E-state index in [1.54, 1.807) is 31.8 Å². The van der Waals surface area contributed by atoms with Gasteiger partial charge < -0.3 is 20.5 Å². The number of amides is 1. The number of aromatic nitrogens is 2. The molecule has 1 atom stereocenters. The highest BCUT2D eigenvalue weighted by Crippen LogP contribution is 2.26. The van der Waals surface area contributed by atoms with E-state index >= 15 is 0 Å². The highest BCUT2D eigenvalue weighted by atomic mass is 16.5. The number of hydrogen-bond acceptors (Lipinski definition) is 5. The molecule has 0 saturated heterocycles. The van der Waals surface area contributed by atoms with Crippen LogP contribution in [0.1, 0.15) is 13.0 Å². The standard InChI is InChI=1S/C14H20N4O3/c1-9(13(19)16-6-7-20-2)18-12-5-4-10(21-3)8-11(12)17-14(18)15/h4-5,8-9H,6-7H2,1-3H3,(H2,15,17)(H,16,19). The van der Waals surface area contributed by atoms with E-state index < -0.39 is 6.04 Å². The van der Waals surface area contributed by atoms with E-state index in [0.29, 0.717) is 30.4 Å². The maximum atomic E-state index is 12.1. The number of methoxy groups -OCH3 is 2. The third-order valence-corrected chi connectivity index (χ3v) is 3.30. The van der Waals surface area contributed by atoms with Gasteiger partial charge in [-0.25, -0.2) is 4.98 Å². The summed E-state index contributed by atoms with van der Waals surface area (Å²) in [5.41, 5.74) is 7.44. The van der Waals surface area contributed by atoms with Crippen LogP contribution >= 0.6 is 0 Å². The molecule has 0 aliphatic heterocycles. The van der Waals surface area contributed by atoms with Gasteiger partial charge in [0.15, 0.2) is 0 Å². The lowest BCUT2D eigenvalue weighted by Gasteiger charge is -2.15. The molecule has 21 heavy (non-hydrogen) atoms. The molecule has 2 aromatic rings. The number of carbonyl (C=O) groups excluding carboxylic acids is 1. The van der Waals surface area contributed by atoms with Crippen LogP contribution in [-0.4, -0.2) is 42.8 Å². The topological polar surface area (TPSA) is 91.4 Å². The summed E-state index contributed by atoms with van der Waals surface area (Å²) in [6.45, 7) is 2.71. The van der Waals surface area contributed by atoms with Crippen LogP contribution in [0.15, 0.2) is 18.2 Å². The average molecular weight is 292 g/mol. The molecule has 0 radical (unpaired) electrons. The minimum absolute atomic E-state index is 0.131. The molecule has 7 heteroatoms. The van der Waals surface area contributed by atoms with Crippen molar-refractivity contribution in [3.8, 4) is 5.75 Å². The summed E-state index contributed by atoms with van der Waals surface area (Å²) in [5, 5.41) is 2.79. The Hall–Kier alpha value is -2.28. The van der Waals surface area contributed by atoms with Gasteiger partial charge in [-0.05, 0) is 19.1 Å². The van der Waals surface area contributed by atoms with Crippen molar-refractivity contribution in [1.29, 1.82) is 0 Å². The fourth-order valence-corrected chi connectivity index (χ4v) is 2.17. The number of fused-ring (bicyclic) bond motifs is 1. The molecule has 1 amide bonds. The number of rotatable bonds is 6. The molecule has 1 unspecified atom stereocenters. The maximum Gasteiger partial charge on any atom is 0.242 e. The van der Waals surface area contributed by atoms with Crippen LogP contribution in [0.2, 0.25) is 0 Å². The van der Waals surface area contributed by atoms with E-state index in [1.165, 1.54) is 0 Å². The van der Waals surface area contributed by atoms with Crippen molar-refractivity contribution < 1.29 is 14.3 Å². The van der Waals surface area contributed by atoms with E-state index in [4.69, 9.17) is 15.2 Å². The Morgan fingerprint density at radius 2 is 2.24 bits per heavy atom. The zero-order chi connectivity index (χ0) is 15.4. The lowest BCUT2D eigenvalue weighted by atomic mass is 10.2. The molecule has 1 heterocycles. The van der Waals surface area contributed by atoms with Crippen molar-refractivity contribution in [2.45, 2.75) is 13.0 Å². The minimum atomic E-state index is -0.458. The molecular formula is C14H20N4O3. The van der Waals surface area contributed by atoms with Gasteiger partial charge in [-0.3, -0.25) is 9.36 Å². The van der Waals surface area contributed by atoms with Gasteiger partial charge in [0.2, 0.25) is 11.9 Å².